The van der Waals surface area contributed by atoms with Gasteiger partial charge in [0.05, 0.1) is 4.88 Å². The van der Waals surface area contributed by atoms with Gasteiger partial charge in [0, 0.05) is 12.3 Å². The van der Waals surface area contributed by atoms with Crippen molar-refractivity contribution in [1.29, 1.82) is 0 Å². The van der Waals surface area contributed by atoms with Gasteiger partial charge in [-0.15, -0.1) is 0 Å². The second-order valence-electron chi connectivity index (χ2n) is 5.80. The van der Waals surface area contributed by atoms with Crippen LogP contribution >= 0.6 is 11.3 Å². The average molecular weight is 342 g/mol. The number of aromatic nitrogens is 1. The summed E-state index contributed by atoms with van der Waals surface area (Å²) in [5, 5.41) is 12.8. The van der Waals surface area contributed by atoms with Crippen LogP contribution in [0.25, 0.3) is 0 Å². The van der Waals surface area contributed by atoms with E-state index in [0.717, 1.165) is 29.5 Å². The van der Waals surface area contributed by atoms with E-state index in [-0.39, 0.29) is 10.7 Å². The first-order valence-corrected chi connectivity index (χ1v) is 7.55. The number of hydrogen-bond acceptors (Lipinski definition) is 5. The van der Waals surface area contributed by atoms with E-state index in [4.69, 9.17) is 4.74 Å². The Balaban J connectivity index is 2.10. The van der Waals surface area contributed by atoms with Crippen LogP contribution in [0.1, 0.15) is 37.3 Å². The molecule has 1 aromatic heterocycles. The quantitative estimate of drug-likeness (QED) is 0.889. The summed E-state index contributed by atoms with van der Waals surface area (Å²) in [6.07, 6.45) is -0.596. The van der Waals surface area contributed by atoms with Gasteiger partial charge in [0.15, 0.2) is 5.13 Å². The number of aliphatic hydroxyl groups excluding tert-OH is 1. The molecule has 0 fully saturated rings. The van der Waals surface area contributed by atoms with Crippen LogP contribution in [0.15, 0.2) is 24.4 Å². The van der Waals surface area contributed by atoms with Crippen molar-refractivity contribution in [3.8, 4) is 0 Å². The van der Waals surface area contributed by atoms with Crippen LogP contribution in [0, 0.1) is 11.6 Å². The number of hydrogen-bond donors (Lipinski definition) is 2. The van der Waals surface area contributed by atoms with Gasteiger partial charge in [-0.3, -0.25) is 5.32 Å². The molecule has 124 valence electrons. The molecule has 0 saturated carbocycles. The maximum atomic E-state index is 13.2. The van der Waals surface area contributed by atoms with Gasteiger partial charge in [0.2, 0.25) is 0 Å². The number of nitrogens with one attached hydrogen (secondary N) is 1. The summed E-state index contributed by atoms with van der Waals surface area (Å²) in [6.45, 7) is 5.17. The number of rotatable bonds is 3. The molecule has 1 atom stereocenters. The summed E-state index contributed by atoms with van der Waals surface area (Å²) in [7, 11) is 0. The number of thiazole rings is 1. The van der Waals surface area contributed by atoms with E-state index < -0.39 is 29.4 Å². The van der Waals surface area contributed by atoms with Gasteiger partial charge in [0.25, 0.3) is 0 Å². The van der Waals surface area contributed by atoms with E-state index in [1.165, 1.54) is 6.20 Å². The summed E-state index contributed by atoms with van der Waals surface area (Å²) >= 11 is 0.984. The van der Waals surface area contributed by atoms with Crippen molar-refractivity contribution in [1.82, 2.24) is 4.98 Å². The van der Waals surface area contributed by atoms with Gasteiger partial charge in [-0.2, -0.15) is 0 Å². The Labute approximate surface area is 135 Å². The van der Waals surface area contributed by atoms with Gasteiger partial charge < -0.3 is 9.84 Å². The highest BCUT2D eigenvalue weighted by Crippen LogP contribution is 2.30. The standard InChI is InChI=1S/C15H16F2N2O3S/c1-15(2,3)22-14(21)19-13-18-7-11(23-13)12(20)8-4-9(16)6-10(17)5-8/h4-7,12,20H,1-3H3,(H,18,19,21). The Hall–Kier alpha value is -2.06. The van der Waals surface area contributed by atoms with Crippen molar-refractivity contribution in [2.24, 2.45) is 0 Å². The molecule has 23 heavy (non-hydrogen) atoms. The highest BCUT2D eigenvalue weighted by molar-refractivity contribution is 7.15. The molecule has 0 aliphatic heterocycles. The molecule has 2 rings (SSSR count). The summed E-state index contributed by atoms with van der Waals surface area (Å²) in [5.74, 6) is -1.56. The number of ether oxygens (including phenoxy) is 1. The molecule has 0 saturated heterocycles. The molecule has 2 N–H and O–H groups in total. The van der Waals surface area contributed by atoms with Crippen molar-refractivity contribution in [2.45, 2.75) is 32.5 Å². The van der Waals surface area contributed by atoms with Crippen LogP contribution < -0.4 is 5.32 Å². The Bertz CT molecular complexity index is 693. The van der Waals surface area contributed by atoms with Gasteiger partial charge in [0.1, 0.15) is 23.3 Å². The number of halogens is 2. The van der Waals surface area contributed by atoms with Crippen LogP contribution in [0.4, 0.5) is 18.7 Å². The summed E-state index contributed by atoms with van der Waals surface area (Å²) in [5.41, 5.74) is -0.585. The molecule has 1 unspecified atom stereocenters. The van der Waals surface area contributed by atoms with Crippen molar-refractivity contribution in [3.05, 3.63) is 46.5 Å². The van der Waals surface area contributed by atoms with Crippen LogP contribution in [-0.2, 0) is 4.74 Å². The lowest BCUT2D eigenvalue weighted by atomic mass is 10.1. The monoisotopic (exact) mass is 342 g/mol. The van der Waals surface area contributed by atoms with Crippen molar-refractivity contribution < 1.29 is 23.4 Å². The minimum Gasteiger partial charge on any atom is -0.444 e. The SMILES string of the molecule is CC(C)(C)OC(=O)Nc1ncc(C(O)c2cc(F)cc(F)c2)s1. The number of nitrogens with zero attached hydrogens (tertiary/aromatic N) is 1. The minimum absolute atomic E-state index is 0.0648. The molecule has 5 nitrogen and oxygen atoms in total. The van der Waals surface area contributed by atoms with E-state index in [9.17, 15) is 18.7 Å². The predicted molar refractivity (Wildman–Crippen MR) is 82.4 cm³/mol. The predicted octanol–water partition coefficient (Wildman–Crippen LogP) is 3.85. The number of carbonyl (C=O) groups is 1. The summed E-state index contributed by atoms with van der Waals surface area (Å²) in [4.78, 5) is 15.9. The third-order valence-electron chi connectivity index (χ3n) is 2.60. The third kappa shape index (κ3) is 4.97. The van der Waals surface area contributed by atoms with Crippen LogP contribution in [0.5, 0.6) is 0 Å². The molecule has 0 bridgehead atoms. The Morgan fingerprint density at radius 1 is 1.30 bits per heavy atom. The van der Waals surface area contributed by atoms with Gasteiger partial charge in [-0.05, 0) is 38.5 Å². The summed E-state index contributed by atoms with van der Waals surface area (Å²) in [6, 6.07) is 2.79. The molecule has 0 aliphatic carbocycles. The lowest BCUT2D eigenvalue weighted by molar-refractivity contribution is 0.0636. The first-order valence-electron chi connectivity index (χ1n) is 6.74. The number of carbonyl (C=O) groups excluding carboxylic acids is 1. The molecular formula is C15H16F2N2O3S. The van der Waals surface area contributed by atoms with E-state index in [0.29, 0.717) is 4.88 Å². The number of anilines is 1. The number of aliphatic hydroxyl groups is 1. The number of benzene rings is 1. The molecule has 0 aliphatic rings. The molecule has 1 aromatic carbocycles. The fourth-order valence-electron chi connectivity index (χ4n) is 1.76. The topological polar surface area (TPSA) is 71.5 Å². The molecular weight excluding hydrogens is 326 g/mol. The Morgan fingerprint density at radius 2 is 1.91 bits per heavy atom. The molecule has 1 heterocycles. The fraction of sp³-hybridized carbons (Fsp3) is 0.333. The Kier molecular flexibility index (Phi) is 4.96. The largest absolute Gasteiger partial charge is 0.444 e. The van der Waals surface area contributed by atoms with Crippen LogP contribution in [-0.4, -0.2) is 21.8 Å². The maximum absolute atomic E-state index is 13.2. The lowest BCUT2D eigenvalue weighted by Gasteiger charge is -2.18. The average Bonchev–Trinajstić information content (AvgIpc) is 2.82. The fourth-order valence-corrected chi connectivity index (χ4v) is 2.58. The van der Waals surface area contributed by atoms with Crippen molar-refractivity contribution in [3.63, 3.8) is 0 Å². The summed E-state index contributed by atoms with van der Waals surface area (Å²) < 4.78 is 31.5. The van der Waals surface area contributed by atoms with Gasteiger partial charge >= 0.3 is 6.09 Å². The van der Waals surface area contributed by atoms with E-state index in [2.05, 4.69) is 10.3 Å². The lowest BCUT2D eigenvalue weighted by Crippen LogP contribution is -2.27. The van der Waals surface area contributed by atoms with Crippen LogP contribution in [0.3, 0.4) is 0 Å². The number of amides is 1. The second-order valence-corrected chi connectivity index (χ2v) is 6.86. The van der Waals surface area contributed by atoms with Crippen molar-refractivity contribution in [2.75, 3.05) is 5.32 Å². The first kappa shape index (κ1) is 17.3. The third-order valence-corrected chi connectivity index (χ3v) is 3.57. The smallest absolute Gasteiger partial charge is 0.413 e. The van der Waals surface area contributed by atoms with Crippen molar-refractivity contribution >= 4 is 22.6 Å². The van der Waals surface area contributed by atoms with E-state index in [1.807, 2.05) is 0 Å². The van der Waals surface area contributed by atoms with E-state index >= 15 is 0 Å². The minimum atomic E-state index is -1.24. The zero-order valence-corrected chi connectivity index (χ0v) is 13.6. The second kappa shape index (κ2) is 6.59. The van der Waals surface area contributed by atoms with Gasteiger partial charge in [-0.1, -0.05) is 11.3 Å². The molecule has 0 spiro atoms. The molecule has 8 heteroatoms. The molecule has 1 amide bonds. The normalized spacial score (nSPS) is 12.8. The van der Waals surface area contributed by atoms with E-state index in [1.54, 1.807) is 20.8 Å². The molecule has 2 aromatic rings. The molecule has 0 radical (unpaired) electrons. The highest BCUT2D eigenvalue weighted by Gasteiger charge is 2.19. The van der Waals surface area contributed by atoms with Gasteiger partial charge in [-0.25, -0.2) is 18.6 Å². The Morgan fingerprint density at radius 3 is 2.48 bits per heavy atom. The zero-order valence-electron chi connectivity index (χ0n) is 12.8. The highest BCUT2D eigenvalue weighted by atomic mass is 32.1. The zero-order chi connectivity index (χ0) is 17.2. The maximum Gasteiger partial charge on any atom is 0.413 e. The van der Waals surface area contributed by atoms with Crippen LogP contribution in [0.2, 0.25) is 0 Å². The first-order chi connectivity index (χ1) is 10.6.